The van der Waals surface area contributed by atoms with E-state index in [4.69, 9.17) is 23.1 Å². The first-order valence-electron chi connectivity index (χ1n) is 20.6. The molecule has 3 N–H and O–H groups in total. The van der Waals surface area contributed by atoms with Gasteiger partial charge in [-0.1, -0.05) is 193 Å². The molecule has 0 spiro atoms. The van der Waals surface area contributed by atoms with E-state index in [1.54, 1.807) is 0 Å². The summed E-state index contributed by atoms with van der Waals surface area (Å²) in [5.74, 6) is -2.06. The van der Waals surface area contributed by atoms with Crippen molar-refractivity contribution in [2.75, 3.05) is 19.8 Å². The summed E-state index contributed by atoms with van der Waals surface area (Å²) in [6.45, 7) is 11.5. The summed E-state index contributed by atoms with van der Waals surface area (Å²) in [5, 5.41) is 41.2. The van der Waals surface area contributed by atoms with Crippen molar-refractivity contribution in [3.05, 3.63) is 157 Å². The van der Waals surface area contributed by atoms with Gasteiger partial charge in [-0.15, -0.1) is 0 Å². The maximum absolute atomic E-state index is 13.6. The third kappa shape index (κ3) is 7.38. The maximum Gasteiger partial charge on any atom is 0.261 e. The molecule has 6 atom stereocenters. The fourth-order valence-corrected chi connectivity index (χ4v) is 18.7. The fraction of sp³-hybridized carbons (Fsp3) is 0.367. The van der Waals surface area contributed by atoms with E-state index in [1.165, 1.54) is 0 Å². The van der Waals surface area contributed by atoms with Crippen LogP contribution in [-0.2, 0) is 34.5 Å². The van der Waals surface area contributed by atoms with Crippen LogP contribution in [0.5, 0.6) is 0 Å². The lowest BCUT2D eigenvalue weighted by molar-refractivity contribution is -0.397. The summed E-state index contributed by atoms with van der Waals surface area (Å²) >= 11 is 0. The van der Waals surface area contributed by atoms with E-state index in [9.17, 15) is 20.1 Å². The molecule has 0 amide bonds. The Hall–Kier alpha value is -4.12. The summed E-state index contributed by atoms with van der Waals surface area (Å²) in [5.41, 5.74) is -3.72. The standard InChI is InChI=1S/C49H58O9Si2/c1-45(2,3)59(38-24-14-8-15-25-38,39-26-16-9-17-27-39)55-34-47(53)42(32-50)57-49(36-54-33-37-22-12-7-13-23-37)44(52)43(51)48(47,58-49)35-56-60(46(4,5)6,40-28-18-10-19-29-40)41-30-20-11-21-31-41/h7-32,42-44,51-53H,33-36H2,1-6H3/t42-,43+,44+,47-,48+,49-/m0/s1. The Morgan fingerprint density at radius 2 is 0.967 bits per heavy atom. The number of benzene rings is 5. The molecule has 0 unspecified atom stereocenters. The molecule has 0 radical (unpaired) electrons. The van der Waals surface area contributed by atoms with Gasteiger partial charge in [-0.05, 0) is 36.4 Å². The molecule has 0 saturated carbocycles. The summed E-state index contributed by atoms with van der Waals surface area (Å²) in [4.78, 5) is 13.5. The number of fused-ring (bicyclic) bond motifs is 2. The molecule has 11 heteroatoms. The molecule has 5 aromatic rings. The molecule has 2 bridgehead atoms. The first-order chi connectivity index (χ1) is 28.6. The summed E-state index contributed by atoms with van der Waals surface area (Å²) in [6, 6.07) is 49.3. The molecule has 316 valence electrons. The van der Waals surface area contributed by atoms with Crippen molar-refractivity contribution in [2.24, 2.45) is 0 Å². The van der Waals surface area contributed by atoms with Crippen LogP contribution in [0.3, 0.4) is 0 Å². The number of rotatable bonds is 15. The zero-order valence-corrected chi connectivity index (χ0v) is 37.4. The Kier molecular flexibility index (Phi) is 12.4. The van der Waals surface area contributed by atoms with Crippen LogP contribution in [0.2, 0.25) is 10.1 Å². The molecular weight excluding hydrogens is 789 g/mol. The van der Waals surface area contributed by atoms with E-state index in [-0.39, 0.29) is 13.2 Å². The molecule has 7 rings (SSSR count). The zero-order valence-electron chi connectivity index (χ0n) is 35.4. The highest BCUT2D eigenvalue weighted by atomic mass is 28.4. The lowest BCUT2D eigenvalue weighted by Crippen LogP contribution is -2.78. The minimum absolute atomic E-state index is 0.136. The zero-order chi connectivity index (χ0) is 42.9. The van der Waals surface area contributed by atoms with E-state index in [1.807, 2.05) is 152 Å². The lowest BCUT2D eigenvalue weighted by Gasteiger charge is -2.55. The van der Waals surface area contributed by atoms with Crippen LogP contribution in [0.1, 0.15) is 47.1 Å². The third-order valence-electron chi connectivity index (χ3n) is 12.5. The highest BCUT2D eigenvalue weighted by molar-refractivity contribution is 7.00. The van der Waals surface area contributed by atoms with Gasteiger partial charge < -0.3 is 43.2 Å². The van der Waals surface area contributed by atoms with Gasteiger partial charge in [0.15, 0.2) is 23.6 Å². The van der Waals surface area contributed by atoms with Crippen molar-refractivity contribution in [1.82, 2.24) is 0 Å². The molecule has 60 heavy (non-hydrogen) atoms. The number of hydrogen-bond acceptors (Lipinski definition) is 9. The van der Waals surface area contributed by atoms with Crippen LogP contribution in [-0.4, -0.2) is 93.4 Å². The van der Waals surface area contributed by atoms with Crippen molar-refractivity contribution in [3.63, 3.8) is 0 Å². The van der Waals surface area contributed by atoms with Gasteiger partial charge in [-0.2, -0.15) is 0 Å². The average molecular weight is 847 g/mol. The van der Waals surface area contributed by atoms with Gasteiger partial charge in [-0.3, -0.25) is 0 Å². The van der Waals surface area contributed by atoms with E-state index < -0.39 is 75.2 Å². The van der Waals surface area contributed by atoms with Crippen LogP contribution in [0.15, 0.2) is 152 Å². The largest absolute Gasteiger partial charge is 0.404 e. The molecule has 2 saturated heterocycles. The second-order valence-electron chi connectivity index (χ2n) is 18.2. The van der Waals surface area contributed by atoms with Crippen LogP contribution in [0, 0.1) is 0 Å². The number of hydrogen-bond donors (Lipinski definition) is 3. The molecule has 0 aliphatic carbocycles. The Morgan fingerprint density at radius 1 is 0.583 bits per heavy atom. The number of carbonyl (C=O) groups excluding carboxylic acids is 1. The minimum atomic E-state index is -3.39. The van der Waals surface area contributed by atoms with Crippen LogP contribution in [0.4, 0.5) is 0 Å². The number of carbonyl (C=O) groups is 1. The minimum Gasteiger partial charge on any atom is -0.404 e. The summed E-state index contributed by atoms with van der Waals surface area (Å²) in [7, 11) is -6.77. The predicted octanol–water partition coefficient (Wildman–Crippen LogP) is 4.87. The molecule has 2 heterocycles. The first kappa shape index (κ1) is 44.0. The Balaban J connectivity index is 1.39. The molecule has 2 aliphatic heterocycles. The van der Waals surface area contributed by atoms with Crippen LogP contribution < -0.4 is 20.7 Å². The van der Waals surface area contributed by atoms with Gasteiger partial charge in [0, 0.05) is 0 Å². The van der Waals surface area contributed by atoms with Gasteiger partial charge in [0.1, 0.15) is 18.8 Å². The Bertz CT molecular complexity index is 2090. The van der Waals surface area contributed by atoms with Gasteiger partial charge in [0.2, 0.25) is 5.79 Å². The highest BCUT2D eigenvalue weighted by Gasteiger charge is 2.78. The quantitative estimate of drug-likeness (QED) is 0.100. The second kappa shape index (κ2) is 17.0. The van der Waals surface area contributed by atoms with Crippen LogP contribution in [0.25, 0.3) is 0 Å². The van der Waals surface area contributed by atoms with Crippen LogP contribution >= 0.6 is 0 Å². The maximum atomic E-state index is 13.6. The molecule has 5 aromatic carbocycles. The predicted molar refractivity (Wildman–Crippen MR) is 238 cm³/mol. The van der Waals surface area contributed by atoms with Crippen molar-refractivity contribution < 1.29 is 43.2 Å². The molecular formula is C49H58O9Si2. The highest BCUT2D eigenvalue weighted by Crippen LogP contribution is 2.54. The molecule has 9 nitrogen and oxygen atoms in total. The Labute approximate surface area is 356 Å². The topological polar surface area (TPSA) is 124 Å². The summed E-state index contributed by atoms with van der Waals surface area (Å²) in [6.07, 6.45) is -4.74. The van der Waals surface area contributed by atoms with E-state index in [0.29, 0.717) is 6.29 Å². The van der Waals surface area contributed by atoms with E-state index >= 15 is 0 Å². The van der Waals surface area contributed by atoms with Crippen molar-refractivity contribution in [1.29, 1.82) is 0 Å². The molecule has 2 fully saturated rings. The monoisotopic (exact) mass is 846 g/mol. The number of aliphatic hydroxyl groups excluding tert-OH is 2. The van der Waals surface area contributed by atoms with Gasteiger partial charge in [-0.25, -0.2) is 0 Å². The number of ether oxygens (including phenoxy) is 3. The Morgan fingerprint density at radius 3 is 1.35 bits per heavy atom. The van der Waals surface area contributed by atoms with Gasteiger partial charge >= 0.3 is 0 Å². The normalized spacial score (nSPS) is 25.9. The lowest BCUT2D eigenvalue weighted by atomic mass is 9.76. The summed E-state index contributed by atoms with van der Waals surface area (Å²) < 4.78 is 34.3. The van der Waals surface area contributed by atoms with Crippen molar-refractivity contribution in [2.45, 2.75) is 93.5 Å². The van der Waals surface area contributed by atoms with E-state index in [0.717, 1.165) is 26.3 Å². The second-order valence-corrected chi connectivity index (χ2v) is 26.8. The first-order valence-corrected chi connectivity index (χ1v) is 24.5. The average Bonchev–Trinajstić information content (AvgIpc) is 3.44. The number of aldehydes is 1. The van der Waals surface area contributed by atoms with E-state index in [2.05, 4.69) is 41.5 Å². The van der Waals surface area contributed by atoms with Crippen molar-refractivity contribution >= 4 is 43.7 Å². The van der Waals surface area contributed by atoms with Gasteiger partial charge in [0.05, 0.1) is 19.8 Å². The molecule has 0 aromatic heterocycles. The van der Waals surface area contributed by atoms with Gasteiger partial charge in [0.25, 0.3) is 16.6 Å². The third-order valence-corrected chi connectivity index (χ3v) is 22.5. The van der Waals surface area contributed by atoms with Crippen molar-refractivity contribution in [3.8, 4) is 0 Å². The fourth-order valence-electron chi connectivity index (χ4n) is 9.49. The molecule has 2 aliphatic rings. The SMILES string of the molecule is CC(C)(C)[Si](OC[C@]1(O)[C@H](C=O)O[C@@]2(COCc3ccccc3)O[C@]1(CO[Si](c1ccccc1)(c1ccccc1)C(C)(C)C)[C@H](O)[C@H]2O)(c1ccccc1)c1ccccc1. The number of aliphatic hydroxyl groups is 3. The smallest absolute Gasteiger partial charge is 0.261 e.